The number of carbonyl (C=O) groups excluding carboxylic acids is 4. The molecule has 79 heavy (non-hydrogen) atoms. The SMILES string of the molecule is COC(=O)N[C@H](C(=O)N[C@@H](Cc1ccc(C#Cc2ccc(N3CC4CCC(C3)N4C3COC3)nc2)cc1)[C@@H](O)CN(Cc1ccc(-c2ccn(C3CC3)n2)cc1)NC(=O)[C@@H](NC(=O)OC)C(C)(C)C(F)(F)F)C(C)(C)C(F)(F)F. The third kappa shape index (κ3) is 13.7. The summed E-state index contributed by atoms with van der Waals surface area (Å²) in [5.74, 6) is 4.33. The minimum atomic E-state index is -5.06. The maximum atomic E-state index is 14.6. The summed E-state index contributed by atoms with van der Waals surface area (Å²) >= 11 is 0. The lowest BCUT2D eigenvalue weighted by atomic mass is 9.82. The zero-order valence-corrected chi connectivity index (χ0v) is 44.7. The molecule has 3 aliphatic heterocycles. The Hall–Kier alpha value is -6.94. The van der Waals surface area contributed by atoms with Crippen LogP contribution in [-0.4, -0.2) is 156 Å². The predicted molar refractivity (Wildman–Crippen MR) is 277 cm³/mol. The van der Waals surface area contributed by atoms with Crippen LogP contribution >= 0.6 is 0 Å². The van der Waals surface area contributed by atoms with Crippen molar-refractivity contribution in [3.8, 4) is 23.1 Å². The normalized spacial score (nSPS) is 19.5. The lowest BCUT2D eigenvalue weighted by molar-refractivity contribution is -0.221. The Morgan fingerprint density at radius 1 is 0.722 bits per heavy atom. The number of pyridine rings is 1. The van der Waals surface area contributed by atoms with E-state index in [0.717, 1.165) is 82.6 Å². The van der Waals surface area contributed by atoms with Crippen molar-refractivity contribution in [1.29, 1.82) is 0 Å². The van der Waals surface area contributed by atoms with Crippen LogP contribution in [0.5, 0.6) is 0 Å². The van der Waals surface area contributed by atoms with Crippen LogP contribution in [0.25, 0.3) is 11.3 Å². The molecule has 4 aromatic rings. The highest BCUT2D eigenvalue weighted by atomic mass is 19.4. The van der Waals surface area contributed by atoms with E-state index in [0.29, 0.717) is 79.8 Å². The number of aliphatic hydroxyl groups excluding tert-OH is 1. The van der Waals surface area contributed by atoms with E-state index in [4.69, 9.17) is 9.72 Å². The van der Waals surface area contributed by atoms with Crippen molar-refractivity contribution in [2.24, 2.45) is 10.8 Å². The summed E-state index contributed by atoms with van der Waals surface area (Å²) in [7, 11) is 1.80. The third-order valence-corrected chi connectivity index (χ3v) is 15.4. The molecule has 4 fully saturated rings. The molecule has 0 radical (unpaired) electrons. The lowest BCUT2D eigenvalue weighted by Gasteiger charge is -2.47. The van der Waals surface area contributed by atoms with Gasteiger partial charge in [0.05, 0.1) is 68.2 Å². The number of nitrogens with one attached hydrogen (secondary N) is 4. The number of hydrogen-bond acceptors (Lipinski definition) is 13. The molecule has 2 aromatic heterocycles. The monoisotopic (exact) mass is 1110 g/mol. The second kappa shape index (κ2) is 23.8. The minimum Gasteiger partial charge on any atom is -0.453 e. The molecule has 18 nitrogen and oxygen atoms in total. The highest BCUT2D eigenvalue weighted by Crippen LogP contribution is 2.42. The van der Waals surface area contributed by atoms with Crippen molar-refractivity contribution >= 4 is 29.8 Å². The Morgan fingerprint density at radius 2 is 1.27 bits per heavy atom. The highest BCUT2D eigenvalue weighted by Gasteiger charge is 2.57. The van der Waals surface area contributed by atoms with E-state index >= 15 is 0 Å². The number of hydrazine groups is 1. The van der Waals surface area contributed by atoms with Crippen LogP contribution in [0.3, 0.4) is 0 Å². The smallest absolute Gasteiger partial charge is 0.407 e. The topological polar surface area (TPSA) is 205 Å². The largest absolute Gasteiger partial charge is 0.453 e. The maximum absolute atomic E-state index is 14.6. The van der Waals surface area contributed by atoms with Crippen molar-refractivity contribution in [2.75, 3.05) is 52.0 Å². The van der Waals surface area contributed by atoms with Crippen LogP contribution < -0.4 is 26.3 Å². The zero-order chi connectivity index (χ0) is 57.0. The molecule has 0 spiro atoms. The number of amides is 4. The van der Waals surface area contributed by atoms with Crippen LogP contribution in [0.15, 0.2) is 79.1 Å². The molecule has 4 aliphatic rings. The number of alkyl carbamates (subject to hydrolysis) is 2. The first kappa shape index (κ1) is 58.2. The van der Waals surface area contributed by atoms with E-state index < -0.39 is 78.0 Å². The Labute approximate surface area is 453 Å². The summed E-state index contributed by atoms with van der Waals surface area (Å²) in [6.45, 7) is 5.14. The van der Waals surface area contributed by atoms with E-state index in [-0.39, 0.29) is 13.0 Å². The van der Waals surface area contributed by atoms with Gasteiger partial charge >= 0.3 is 24.5 Å². The van der Waals surface area contributed by atoms with Gasteiger partial charge in [0.25, 0.3) is 5.91 Å². The molecule has 6 atom stereocenters. The molecule has 5 N–H and O–H groups in total. The number of halogens is 6. The summed E-state index contributed by atoms with van der Waals surface area (Å²) in [5, 5.41) is 24.3. The predicted octanol–water partition coefficient (Wildman–Crippen LogP) is 6.28. The number of aromatic nitrogens is 3. The minimum absolute atomic E-state index is 0.272. The molecule has 2 aromatic carbocycles. The summed E-state index contributed by atoms with van der Waals surface area (Å²) in [6.07, 6.45) is -7.03. The van der Waals surface area contributed by atoms with Gasteiger partial charge < -0.3 is 40.2 Å². The van der Waals surface area contributed by atoms with E-state index in [2.05, 4.69) is 47.0 Å². The van der Waals surface area contributed by atoms with Gasteiger partial charge in [-0.3, -0.25) is 24.6 Å². The zero-order valence-electron chi connectivity index (χ0n) is 44.7. The summed E-state index contributed by atoms with van der Waals surface area (Å²) in [5.41, 5.74) is 0.111. The number of hydrogen-bond donors (Lipinski definition) is 5. The van der Waals surface area contributed by atoms with Crippen LogP contribution in [-0.2, 0) is 36.8 Å². The molecular formula is C55H66F6N10O8. The molecule has 2 bridgehead atoms. The molecule has 426 valence electrons. The average molecular weight is 1110 g/mol. The second-order valence-corrected chi connectivity index (χ2v) is 21.7. The van der Waals surface area contributed by atoms with E-state index in [9.17, 15) is 50.6 Å². The van der Waals surface area contributed by atoms with E-state index in [1.807, 2.05) is 39.7 Å². The Balaban J connectivity index is 1.05. The number of aliphatic hydroxyl groups is 1. The molecule has 3 saturated heterocycles. The highest BCUT2D eigenvalue weighted by molar-refractivity contribution is 5.87. The molecule has 8 rings (SSSR count). The Bertz CT molecular complexity index is 2830. The van der Waals surface area contributed by atoms with Crippen LogP contribution in [0, 0.1) is 22.7 Å². The van der Waals surface area contributed by atoms with Gasteiger partial charge in [0.2, 0.25) is 5.91 Å². The molecule has 2 unspecified atom stereocenters. The first-order chi connectivity index (χ1) is 37.3. The number of rotatable bonds is 19. The van der Waals surface area contributed by atoms with Crippen LogP contribution in [0.4, 0.5) is 41.7 Å². The molecule has 4 amide bonds. The number of nitrogens with zero attached hydrogens (tertiary/aromatic N) is 6. The van der Waals surface area contributed by atoms with Gasteiger partial charge in [-0.05, 0) is 101 Å². The molecule has 5 heterocycles. The first-order valence-electron chi connectivity index (χ1n) is 26.0. The van der Waals surface area contributed by atoms with Crippen molar-refractivity contribution in [1.82, 2.24) is 46.0 Å². The quantitative estimate of drug-likeness (QED) is 0.0399. The van der Waals surface area contributed by atoms with Crippen LogP contribution in [0.2, 0.25) is 0 Å². The second-order valence-electron chi connectivity index (χ2n) is 21.7. The van der Waals surface area contributed by atoms with Gasteiger partial charge in [-0.1, -0.05) is 48.2 Å². The van der Waals surface area contributed by atoms with Gasteiger partial charge in [-0.25, -0.2) is 19.6 Å². The first-order valence-corrected chi connectivity index (χ1v) is 26.0. The van der Waals surface area contributed by atoms with Gasteiger partial charge in [-0.2, -0.15) is 31.4 Å². The number of anilines is 1. The number of benzene rings is 2. The summed E-state index contributed by atoms with van der Waals surface area (Å²) in [4.78, 5) is 62.8. The van der Waals surface area contributed by atoms with Gasteiger partial charge in [-0.15, -0.1) is 0 Å². The van der Waals surface area contributed by atoms with Crippen molar-refractivity contribution in [3.63, 3.8) is 0 Å². The summed E-state index contributed by atoms with van der Waals surface area (Å²) in [6, 6.07) is 14.7. The van der Waals surface area contributed by atoms with Gasteiger partial charge in [0.15, 0.2) is 0 Å². The fourth-order valence-corrected chi connectivity index (χ4v) is 10.0. The van der Waals surface area contributed by atoms with Crippen molar-refractivity contribution in [3.05, 3.63) is 101 Å². The van der Waals surface area contributed by atoms with Crippen molar-refractivity contribution < 1.29 is 64.8 Å². The summed E-state index contributed by atoms with van der Waals surface area (Å²) < 4.78 is 104. The third-order valence-electron chi connectivity index (χ3n) is 15.4. The van der Waals surface area contributed by atoms with E-state index in [1.54, 1.807) is 54.7 Å². The maximum Gasteiger partial charge on any atom is 0.407 e. The lowest BCUT2D eigenvalue weighted by Crippen LogP contribution is -2.63. The Kier molecular flexibility index (Phi) is 17.5. The van der Waals surface area contributed by atoms with Gasteiger partial charge in [0.1, 0.15) is 17.9 Å². The van der Waals surface area contributed by atoms with Crippen molar-refractivity contribution in [2.45, 2.75) is 127 Å². The van der Waals surface area contributed by atoms with Crippen LogP contribution in [0.1, 0.15) is 81.7 Å². The molecule has 1 aliphatic carbocycles. The number of alkyl halides is 6. The Morgan fingerprint density at radius 3 is 1.78 bits per heavy atom. The average Bonchev–Trinajstić information content (AvgIpc) is 4.19. The molecule has 1 saturated carbocycles. The fraction of sp³-hybridized carbons (Fsp3) is 0.527. The number of carbonyl (C=O) groups is 4. The standard InChI is InChI=1S/C55H66F6N10O8/c1-52(2,54(56,57)58)46(64-50(75)77-5)48(73)63-43(25-34-10-7-33(8-11-34)9-12-35-15-22-45(62-26-35)68-28-39-20-21-40(29-68)71(39)41-31-79-32-41)44(72)30-69(67-49(74)47(65-51(76)78-6)53(3,4)55(59,60)61)27-36-13-16-37(17-14-36)42-23-24-70(66-42)38-18-19-38/h7-8,10-11,13-17,22-24,26,38-41,43-44,46-47,72H,18-21,25,27-32H2,1-6H3,(H,63,73)(H,64,75)(H,65,76)(H,67,74)/t39?,40?,43-,44-,46+,47+/m0/s1. The number of fused-ring (bicyclic) bond motifs is 2. The fourth-order valence-electron chi connectivity index (χ4n) is 10.0. The van der Waals surface area contributed by atoms with E-state index in [1.165, 1.54) is 0 Å². The molecular weight excluding hydrogens is 1040 g/mol. The molecule has 24 heteroatoms. The van der Waals surface area contributed by atoms with Gasteiger partial charge in [0, 0.05) is 67.3 Å². The number of piperazine rings is 1. The number of methoxy groups -OCH3 is 2. The number of ether oxygens (including phenoxy) is 3.